The molecule has 1 atom stereocenters. The van der Waals surface area contributed by atoms with Crippen molar-refractivity contribution < 1.29 is 38.9 Å². The van der Waals surface area contributed by atoms with Gasteiger partial charge in [-0.15, -0.1) is 0 Å². The lowest BCUT2D eigenvalue weighted by Gasteiger charge is -2.35. The molecule has 3 aromatic carbocycles. The number of benzene rings is 3. The van der Waals surface area contributed by atoms with Crippen molar-refractivity contribution in [2.75, 3.05) is 26.4 Å². The Bertz CT molecular complexity index is 1740. The Morgan fingerprint density at radius 2 is 1.71 bits per heavy atom. The summed E-state index contributed by atoms with van der Waals surface area (Å²) in [7, 11) is 0. The van der Waals surface area contributed by atoms with Crippen LogP contribution in [0.4, 0.5) is 0 Å². The normalized spacial score (nSPS) is 27.9. The van der Waals surface area contributed by atoms with Crippen LogP contribution >= 0.6 is 0 Å². The lowest BCUT2D eigenvalue weighted by Crippen LogP contribution is -2.41. The number of rotatable bonds is 7. The highest BCUT2D eigenvalue weighted by Gasteiger charge is 2.25. The second kappa shape index (κ2) is 9.54. The van der Waals surface area contributed by atoms with Crippen LogP contribution in [0.5, 0.6) is 11.5 Å². The summed E-state index contributed by atoms with van der Waals surface area (Å²) in [6.07, 6.45) is -7.40. The number of fused-ring (bicyclic) bond motifs is 1. The summed E-state index contributed by atoms with van der Waals surface area (Å²) >= 11 is 0. The van der Waals surface area contributed by atoms with Crippen LogP contribution in [0.25, 0.3) is 0 Å². The van der Waals surface area contributed by atoms with E-state index in [1.165, 1.54) is 0 Å². The first-order valence-corrected chi connectivity index (χ1v) is 9.60. The maximum atomic E-state index is 9.52. The number of ether oxygens (including phenoxy) is 3. The van der Waals surface area contributed by atoms with Crippen LogP contribution in [-0.2, 0) is 11.1 Å². The SMILES string of the molecule is [2H]c1c([2H])c([2H])c(C([2H])(O[C@@H]2CCCN(C([2H])([2H])C([2H])([2H])c3c([2H])c([2H])c4c(c3[2H])OCO4)C2)c2c([2H])c([2H])c([2H])c([2H])c2[2H])c([2H])c1[2H]. The Labute approximate surface area is 209 Å². The second-order valence-corrected chi connectivity index (χ2v) is 6.71. The van der Waals surface area contributed by atoms with Gasteiger partial charge in [-0.2, -0.15) is 0 Å². The van der Waals surface area contributed by atoms with Gasteiger partial charge in [-0.1, -0.05) is 66.5 Å². The van der Waals surface area contributed by atoms with E-state index < -0.39 is 127 Å². The Hall–Kier alpha value is -2.82. The van der Waals surface area contributed by atoms with E-state index in [0.717, 1.165) is 4.90 Å². The van der Waals surface area contributed by atoms with Crippen molar-refractivity contribution in [3.05, 3.63) is 95.2 Å². The smallest absolute Gasteiger partial charge is 0.231 e. The lowest BCUT2D eigenvalue weighted by molar-refractivity contribution is -0.0330. The van der Waals surface area contributed by atoms with Crippen LogP contribution in [0, 0.1) is 0 Å². The van der Waals surface area contributed by atoms with Crippen LogP contribution in [0.2, 0.25) is 0 Å². The number of hydrogen-bond donors (Lipinski definition) is 0. The maximum absolute atomic E-state index is 9.52. The van der Waals surface area contributed by atoms with Crippen LogP contribution in [0.3, 0.4) is 0 Å². The average Bonchev–Trinajstić information content (AvgIpc) is 3.54. The third-order valence-electron chi connectivity index (χ3n) is 4.61. The molecule has 0 N–H and O–H groups in total. The van der Waals surface area contributed by atoms with Gasteiger partial charge >= 0.3 is 0 Å². The molecule has 4 nitrogen and oxygen atoms in total. The first-order valence-electron chi connectivity index (χ1n) is 18.6. The third-order valence-corrected chi connectivity index (χ3v) is 4.61. The van der Waals surface area contributed by atoms with Crippen LogP contribution < -0.4 is 9.47 Å². The second-order valence-electron chi connectivity index (χ2n) is 6.71. The summed E-state index contributed by atoms with van der Waals surface area (Å²) in [4.78, 5) is 0.971. The Morgan fingerprint density at radius 1 is 1.00 bits per heavy atom. The van der Waals surface area contributed by atoms with Gasteiger partial charge in [-0.25, -0.2) is 0 Å². The van der Waals surface area contributed by atoms with Gasteiger partial charge in [0.15, 0.2) is 11.5 Å². The Morgan fingerprint density at radius 3 is 2.45 bits per heavy atom. The summed E-state index contributed by atoms with van der Waals surface area (Å²) in [6, 6.07) is -11.0. The van der Waals surface area contributed by atoms with Crippen LogP contribution in [0.15, 0.2) is 78.6 Å². The molecule has 5 rings (SSSR count). The molecule has 0 aromatic heterocycles. The highest BCUT2D eigenvalue weighted by atomic mass is 16.7. The molecule has 2 aliphatic heterocycles. The van der Waals surface area contributed by atoms with E-state index in [9.17, 15) is 1.37 Å². The zero-order chi connectivity index (χ0) is 36.7. The lowest BCUT2D eigenvalue weighted by atomic mass is 10.00. The molecule has 0 amide bonds. The quantitative estimate of drug-likeness (QED) is 0.511. The number of hydrogen-bond acceptors (Lipinski definition) is 4. The first-order chi connectivity index (χ1) is 22.6. The minimum atomic E-state index is -3.14. The monoisotopic (exact) mass is 433 g/mol. The van der Waals surface area contributed by atoms with E-state index >= 15 is 0 Å². The molecule has 2 heterocycles. The minimum Gasteiger partial charge on any atom is -0.454 e. The van der Waals surface area contributed by atoms with E-state index in [0.29, 0.717) is 0 Å². The topological polar surface area (TPSA) is 30.9 Å². The van der Waals surface area contributed by atoms with E-state index in [1.807, 2.05) is 0 Å². The van der Waals surface area contributed by atoms with Gasteiger partial charge in [0.1, 0.15) is 6.08 Å². The molecular formula is C27H29NO3. The third kappa shape index (κ3) is 4.92. The molecule has 0 saturated carbocycles. The van der Waals surface area contributed by atoms with E-state index in [4.69, 9.17) is 37.5 Å². The summed E-state index contributed by atoms with van der Waals surface area (Å²) in [5.41, 5.74) is -2.48. The zero-order valence-corrected chi connectivity index (χ0v) is 16.3. The van der Waals surface area contributed by atoms with Crippen molar-refractivity contribution >= 4 is 0 Å². The van der Waals surface area contributed by atoms with Gasteiger partial charge < -0.3 is 19.1 Å². The standard InChI is InChI=1S/C27H29NO3/c1-3-8-22(9-4-1)27(23-10-5-2-6-11-23)31-24-12-7-16-28(19-24)17-15-21-13-14-25-26(18-21)30-20-29-25/h1-6,8-11,13-14,18,24,27H,7,12,15-17,19-20H2/t24-/m1/s1/i1D,2D,3D,4D,5D,6D,8D,9D,10D,11D,13D,14D,15D2,17D2,18D,27D. The summed E-state index contributed by atoms with van der Waals surface area (Å²) < 4.78 is 170. The van der Waals surface area contributed by atoms with Gasteiger partial charge in [0.25, 0.3) is 0 Å². The van der Waals surface area contributed by atoms with Crippen molar-refractivity contribution in [2.24, 2.45) is 0 Å². The molecule has 31 heavy (non-hydrogen) atoms. The number of piperidine rings is 1. The van der Waals surface area contributed by atoms with Crippen LogP contribution in [-0.4, -0.2) is 37.4 Å². The van der Waals surface area contributed by atoms with Crippen molar-refractivity contribution in [1.29, 1.82) is 0 Å². The molecule has 2 aliphatic rings. The molecule has 0 spiro atoms. The Balaban J connectivity index is 1.62. The van der Waals surface area contributed by atoms with Gasteiger partial charge in [0, 0.05) is 18.5 Å². The van der Waals surface area contributed by atoms with Gasteiger partial charge in [-0.3, -0.25) is 0 Å². The van der Waals surface area contributed by atoms with Gasteiger partial charge in [0.2, 0.25) is 6.79 Å². The highest BCUT2D eigenvalue weighted by Crippen LogP contribution is 2.33. The predicted molar refractivity (Wildman–Crippen MR) is 122 cm³/mol. The van der Waals surface area contributed by atoms with Crippen LogP contribution in [0.1, 0.15) is 60.3 Å². The van der Waals surface area contributed by atoms with E-state index in [-0.39, 0.29) is 37.7 Å². The first kappa shape index (κ1) is 8.27. The molecule has 160 valence electrons. The van der Waals surface area contributed by atoms with E-state index in [2.05, 4.69) is 0 Å². The molecular weight excluding hydrogens is 386 g/mol. The maximum Gasteiger partial charge on any atom is 0.231 e. The largest absolute Gasteiger partial charge is 0.454 e. The molecule has 0 bridgehead atoms. The molecule has 1 fully saturated rings. The van der Waals surface area contributed by atoms with Gasteiger partial charge in [0.05, 0.1) is 25.3 Å². The summed E-state index contributed by atoms with van der Waals surface area (Å²) in [6.45, 7) is -4.05. The minimum absolute atomic E-state index is 0.0296. The Kier molecular flexibility index (Phi) is 2.55. The summed E-state index contributed by atoms with van der Waals surface area (Å²) in [5, 5.41) is 0. The molecule has 0 unspecified atom stereocenters. The van der Waals surface area contributed by atoms with Crippen molar-refractivity contribution in [3.63, 3.8) is 0 Å². The number of nitrogens with zero attached hydrogens (tertiary/aromatic N) is 1. The molecule has 0 aliphatic carbocycles. The predicted octanol–water partition coefficient (Wildman–Crippen LogP) is 5.23. The molecule has 1 saturated heterocycles. The number of likely N-dealkylation sites (tertiary alicyclic amines) is 1. The van der Waals surface area contributed by atoms with Crippen molar-refractivity contribution in [1.82, 2.24) is 4.90 Å². The van der Waals surface area contributed by atoms with Gasteiger partial charge in [-0.05, 0) is 54.5 Å². The zero-order valence-electron chi connectivity index (χ0n) is 34.3. The molecule has 3 aromatic rings. The molecule has 0 radical (unpaired) electrons. The highest BCUT2D eigenvalue weighted by molar-refractivity contribution is 5.44. The van der Waals surface area contributed by atoms with Crippen molar-refractivity contribution in [2.45, 2.75) is 31.4 Å². The fraction of sp³-hybridized carbons (Fsp3) is 0.333. The fourth-order valence-electron chi connectivity index (χ4n) is 3.20. The van der Waals surface area contributed by atoms with E-state index in [1.54, 1.807) is 0 Å². The van der Waals surface area contributed by atoms with Crippen molar-refractivity contribution in [3.8, 4) is 11.5 Å². The molecule has 4 heteroatoms. The summed E-state index contributed by atoms with van der Waals surface area (Å²) in [5.74, 6) is -0.555. The average molecular weight is 434 g/mol. The fourth-order valence-corrected chi connectivity index (χ4v) is 3.20.